The Balaban J connectivity index is 3.04. The van der Waals surface area contributed by atoms with Crippen LogP contribution in [-0.2, 0) is 4.79 Å². The van der Waals surface area contributed by atoms with E-state index in [1.807, 2.05) is 0 Å². The first kappa shape index (κ1) is 9.70. The molecule has 1 rings (SSSR count). The number of benzene rings is 1. The van der Waals surface area contributed by atoms with Crippen molar-refractivity contribution in [1.82, 2.24) is 0 Å². The fourth-order valence-electron chi connectivity index (χ4n) is 1.04. The molecule has 0 saturated heterocycles. The zero-order chi connectivity index (χ0) is 9.68. The van der Waals surface area contributed by atoms with Crippen molar-refractivity contribution in [2.45, 2.75) is 0 Å². The van der Waals surface area contributed by atoms with E-state index in [-0.39, 0.29) is 0 Å². The minimum atomic E-state index is -1.51. The fraction of sp³-hybridized carbons (Fsp3) is 0. The molecule has 0 saturated carbocycles. The lowest BCUT2D eigenvalue weighted by Crippen LogP contribution is -2.31. The molecule has 0 aliphatic carbocycles. The van der Waals surface area contributed by atoms with Crippen LogP contribution >= 0.6 is 0 Å². The fourth-order valence-corrected chi connectivity index (χ4v) is 1.04. The first-order valence-electron chi connectivity index (χ1n) is 3.82. The smallest absolute Gasteiger partial charge is 0.423 e. The van der Waals surface area contributed by atoms with E-state index in [9.17, 15) is 4.79 Å². The molecule has 0 atom stereocenters. The Morgan fingerprint density at radius 3 is 2.54 bits per heavy atom. The van der Waals surface area contributed by atoms with Gasteiger partial charge in [-0.1, -0.05) is 30.3 Å². The van der Waals surface area contributed by atoms with Crippen molar-refractivity contribution < 1.29 is 14.8 Å². The normalized spacial score (nSPS) is 10.3. The second kappa shape index (κ2) is 4.59. The molecule has 0 bridgehead atoms. The van der Waals surface area contributed by atoms with Gasteiger partial charge >= 0.3 is 7.12 Å². The van der Waals surface area contributed by atoms with Crippen molar-refractivity contribution in [3.05, 3.63) is 35.9 Å². The summed E-state index contributed by atoms with van der Waals surface area (Å²) in [7, 11) is -1.51. The van der Waals surface area contributed by atoms with Crippen LogP contribution in [0.15, 0.2) is 30.3 Å². The lowest BCUT2D eigenvalue weighted by molar-refractivity contribution is -0.104. The molecule has 0 aliphatic rings. The van der Waals surface area contributed by atoms with Gasteiger partial charge in [-0.05, 0) is 17.1 Å². The van der Waals surface area contributed by atoms with Gasteiger partial charge in [0, 0.05) is 0 Å². The molecule has 0 unspecified atom stereocenters. The van der Waals surface area contributed by atoms with Gasteiger partial charge < -0.3 is 10.0 Å². The summed E-state index contributed by atoms with van der Waals surface area (Å²) in [6.07, 6.45) is 3.48. The Hall–Kier alpha value is -1.39. The first-order chi connectivity index (χ1) is 6.25. The average molecular weight is 176 g/mol. The van der Waals surface area contributed by atoms with Gasteiger partial charge in [0.2, 0.25) is 0 Å². The molecule has 2 N–H and O–H groups in total. The molecule has 1 aromatic rings. The molecule has 3 nitrogen and oxygen atoms in total. The third kappa shape index (κ3) is 2.54. The third-order valence-electron chi connectivity index (χ3n) is 1.63. The highest BCUT2D eigenvalue weighted by Crippen LogP contribution is 1.98. The van der Waals surface area contributed by atoms with Crippen LogP contribution in [0, 0.1) is 0 Å². The number of allylic oxidation sites excluding steroid dienone is 1. The minimum Gasteiger partial charge on any atom is -0.423 e. The van der Waals surface area contributed by atoms with E-state index in [1.165, 1.54) is 12.2 Å². The minimum absolute atomic E-state index is 0.389. The zero-order valence-corrected chi connectivity index (χ0v) is 6.92. The van der Waals surface area contributed by atoms with Crippen LogP contribution < -0.4 is 5.46 Å². The van der Waals surface area contributed by atoms with E-state index >= 15 is 0 Å². The second-order valence-electron chi connectivity index (χ2n) is 2.50. The van der Waals surface area contributed by atoms with Crippen molar-refractivity contribution in [3.63, 3.8) is 0 Å². The summed E-state index contributed by atoms with van der Waals surface area (Å²) in [6.45, 7) is 0. The largest absolute Gasteiger partial charge is 0.489 e. The monoisotopic (exact) mass is 176 g/mol. The lowest BCUT2D eigenvalue weighted by atomic mass is 9.77. The van der Waals surface area contributed by atoms with E-state index in [0.29, 0.717) is 17.3 Å². The quantitative estimate of drug-likeness (QED) is 0.373. The molecule has 0 heterocycles. The standard InChI is InChI=1S/C9H9BO3/c11-7-3-5-8-4-1-2-6-9(8)10(12)13/h1-7,12-13H/b5-3+. The van der Waals surface area contributed by atoms with E-state index in [0.717, 1.165) is 0 Å². The average Bonchev–Trinajstić information content (AvgIpc) is 2.15. The van der Waals surface area contributed by atoms with Crippen LogP contribution in [0.5, 0.6) is 0 Å². The Morgan fingerprint density at radius 1 is 1.23 bits per heavy atom. The van der Waals surface area contributed by atoms with Crippen molar-refractivity contribution in [1.29, 1.82) is 0 Å². The summed E-state index contributed by atoms with van der Waals surface area (Å²) >= 11 is 0. The van der Waals surface area contributed by atoms with Gasteiger partial charge in [0.25, 0.3) is 0 Å². The highest BCUT2D eigenvalue weighted by Gasteiger charge is 2.12. The molecular weight excluding hydrogens is 167 g/mol. The number of carbonyl (C=O) groups is 1. The molecule has 0 radical (unpaired) electrons. The summed E-state index contributed by atoms with van der Waals surface area (Å²) in [5.41, 5.74) is 1.02. The van der Waals surface area contributed by atoms with Crippen LogP contribution in [0.1, 0.15) is 5.56 Å². The first-order valence-corrected chi connectivity index (χ1v) is 3.82. The van der Waals surface area contributed by atoms with Gasteiger partial charge in [-0.3, -0.25) is 4.79 Å². The second-order valence-corrected chi connectivity index (χ2v) is 2.50. The van der Waals surface area contributed by atoms with Crippen molar-refractivity contribution >= 4 is 24.9 Å². The highest BCUT2D eigenvalue weighted by molar-refractivity contribution is 6.59. The van der Waals surface area contributed by atoms with E-state index < -0.39 is 7.12 Å². The summed E-state index contributed by atoms with van der Waals surface area (Å²) in [5.74, 6) is 0. The third-order valence-corrected chi connectivity index (χ3v) is 1.63. The van der Waals surface area contributed by atoms with Crippen molar-refractivity contribution in [2.24, 2.45) is 0 Å². The Morgan fingerprint density at radius 2 is 1.92 bits per heavy atom. The molecule has 0 aliphatic heterocycles. The van der Waals surface area contributed by atoms with E-state index in [4.69, 9.17) is 10.0 Å². The van der Waals surface area contributed by atoms with Crippen molar-refractivity contribution in [3.8, 4) is 0 Å². The van der Waals surface area contributed by atoms with Gasteiger partial charge in [-0.2, -0.15) is 0 Å². The highest BCUT2D eigenvalue weighted by atomic mass is 16.4. The molecule has 66 valence electrons. The van der Waals surface area contributed by atoms with Gasteiger partial charge in [-0.15, -0.1) is 0 Å². The predicted octanol–water partition coefficient (Wildman–Crippen LogP) is -0.421. The summed E-state index contributed by atoms with van der Waals surface area (Å²) < 4.78 is 0. The van der Waals surface area contributed by atoms with Gasteiger partial charge in [0.05, 0.1) is 0 Å². The van der Waals surface area contributed by atoms with Crippen LogP contribution in [0.4, 0.5) is 0 Å². The van der Waals surface area contributed by atoms with Crippen LogP contribution in [0.2, 0.25) is 0 Å². The molecule has 4 heteroatoms. The Bertz CT molecular complexity index is 320. The maximum atomic E-state index is 10.0. The maximum Gasteiger partial charge on any atom is 0.489 e. The molecule has 1 aromatic carbocycles. The SMILES string of the molecule is O=C/C=C/c1ccccc1B(O)O. The molecule has 0 amide bonds. The lowest BCUT2D eigenvalue weighted by Gasteiger charge is -2.02. The van der Waals surface area contributed by atoms with Gasteiger partial charge in [0.1, 0.15) is 6.29 Å². The zero-order valence-electron chi connectivity index (χ0n) is 6.92. The topological polar surface area (TPSA) is 57.5 Å². The Kier molecular flexibility index (Phi) is 3.43. The van der Waals surface area contributed by atoms with Gasteiger partial charge in [-0.25, -0.2) is 0 Å². The molecule has 0 fully saturated rings. The van der Waals surface area contributed by atoms with E-state index in [2.05, 4.69) is 0 Å². The number of aldehydes is 1. The molecular formula is C9H9BO3. The predicted molar refractivity (Wildman–Crippen MR) is 51.4 cm³/mol. The molecule has 13 heavy (non-hydrogen) atoms. The number of rotatable bonds is 3. The number of hydrogen-bond donors (Lipinski definition) is 2. The molecule has 0 spiro atoms. The van der Waals surface area contributed by atoms with E-state index in [1.54, 1.807) is 24.3 Å². The maximum absolute atomic E-state index is 10.0. The van der Waals surface area contributed by atoms with Crippen molar-refractivity contribution in [2.75, 3.05) is 0 Å². The summed E-state index contributed by atoms with van der Waals surface area (Å²) in [4.78, 5) is 10.0. The van der Waals surface area contributed by atoms with Crippen LogP contribution in [0.25, 0.3) is 6.08 Å². The summed E-state index contributed by atoms with van der Waals surface area (Å²) in [6, 6.07) is 6.76. The molecule has 0 aromatic heterocycles. The number of carbonyl (C=O) groups excluding carboxylic acids is 1. The van der Waals surface area contributed by atoms with Crippen LogP contribution in [0.3, 0.4) is 0 Å². The number of hydrogen-bond acceptors (Lipinski definition) is 3. The summed E-state index contributed by atoms with van der Waals surface area (Å²) in [5, 5.41) is 17.9. The Labute approximate surface area is 76.5 Å². The van der Waals surface area contributed by atoms with Gasteiger partial charge in [0.15, 0.2) is 0 Å². The van der Waals surface area contributed by atoms with Crippen LogP contribution in [-0.4, -0.2) is 23.5 Å².